The molecule has 1 aliphatic rings. The first-order valence-electron chi connectivity index (χ1n) is 4.22. The molecule has 3 heteroatoms. The molecule has 0 amide bonds. The Balaban J connectivity index is 2.21. The van der Waals surface area contributed by atoms with Crippen molar-refractivity contribution in [1.29, 1.82) is 0 Å². The highest BCUT2D eigenvalue weighted by molar-refractivity contribution is 14.1. The van der Waals surface area contributed by atoms with E-state index in [4.69, 9.17) is 0 Å². The zero-order valence-electron chi connectivity index (χ0n) is 6.76. The van der Waals surface area contributed by atoms with Crippen molar-refractivity contribution in [2.45, 2.75) is 18.9 Å². The lowest BCUT2D eigenvalue weighted by Crippen LogP contribution is -2.14. The quantitative estimate of drug-likeness (QED) is 0.626. The lowest BCUT2D eigenvalue weighted by molar-refractivity contribution is 0.626. The average molecular weight is 274 g/mol. The van der Waals surface area contributed by atoms with Crippen molar-refractivity contribution in [3.8, 4) is 0 Å². The third-order valence-electron chi connectivity index (χ3n) is 2.15. The molecule has 1 atom stereocenters. The molecule has 2 nitrogen and oxygen atoms in total. The summed E-state index contributed by atoms with van der Waals surface area (Å²) >= 11 is 2.25. The van der Waals surface area contributed by atoms with Gasteiger partial charge in [-0.2, -0.15) is 0 Å². The maximum atomic E-state index is 4.48. The SMILES string of the molecule is Ic1cccc([C@@H]2CCCN2)n1. The maximum Gasteiger partial charge on any atom is 0.101 e. The Bertz CT molecular complexity index is 269. The Labute approximate surface area is 85.9 Å². The molecule has 0 unspecified atom stereocenters. The number of rotatable bonds is 1. The van der Waals surface area contributed by atoms with E-state index in [1.807, 2.05) is 6.07 Å². The smallest absolute Gasteiger partial charge is 0.101 e. The summed E-state index contributed by atoms with van der Waals surface area (Å²) in [6.45, 7) is 1.14. The van der Waals surface area contributed by atoms with Gasteiger partial charge in [-0.15, -0.1) is 0 Å². The van der Waals surface area contributed by atoms with Gasteiger partial charge in [0.1, 0.15) is 3.70 Å². The summed E-state index contributed by atoms with van der Waals surface area (Å²) in [5.41, 5.74) is 1.19. The Morgan fingerprint density at radius 1 is 1.50 bits per heavy atom. The van der Waals surface area contributed by atoms with Crippen LogP contribution in [0.25, 0.3) is 0 Å². The number of pyridine rings is 1. The van der Waals surface area contributed by atoms with Crippen LogP contribution in [0.3, 0.4) is 0 Å². The first-order chi connectivity index (χ1) is 5.86. The van der Waals surface area contributed by atoms with Gasteiger partial charge in [-0.3, -0.25) is 0 Å². The van der Waals surface area contributed by atoms with Gasteiger partial charge in [0, 0.05) is 6.04 Å². The summed E-state index contributed by atoms with van der Waals surface area (Å²) in [4.78, 5) is 4.48. The van der Waals surface area contributed by atoms with Crippen LogP contribution in [0.1, 0.15) is 24.6 Å². The molecule has 0 aromatic carbocycles. The lowest BCUT2D eigenvalue weighted by Gasteiger charge is -2.08. The maximum absolute atomic E-state index is 4.48. The predicted octanol–water partition coefficient (Wildman–Crippen LogP) is 2.11. The zero-order chi connectivity index (χ0) is 8.39. The van der Waals surface area contributed by atoms with E-state index in [-0.39, 0.29) is 0 Å². The van der Waals surface area contributed by atoms with Gasteiger partial charge in [-0.25, -0.2) is 4.98 Å². The fraction of sp³-hybridized carbons (Fsp3) is 0.444. The summed E-state index contributed by atoms with van der Waals surface area (Å²) in [5, 5.41) is 3.43. The highest BCUT2D eigenvalue weighted by Gasteiger charge is 2.16. The van der Waals surface area contributed by atoms with Crippen LogP contribution in [-0.4, -0.2) is 11.5 Å². The minimum Gasteiger partial charge on any atom is -0.309 e. The van der Waals surface area contributed by atoms with Gasteiger partial charge < -0.3 is 5.32 Å². The lowest BCUT2D eigenvalue weighted by atomic mass is 10.1. The van der Waals surface area contributed by atoms with Crippen LogP contribution in [0.15, 0.2) is 18.2 Å². The molecule has 64 valence electrons. The molecule has 2 heterocycles. The molecule has 0 spiro atoms. The van der Waals surface area contributed by atoms with Crippen LogP contribution in [-0.2, 0) is 0 Å². The molecule has 1 aromatic heterocycles. The fourth-order valence-electron chi connectivity index (χ4n) is 1.56. The van der Waals surface area contributed by atoms with Crippen LogP contribution >= 0.6 is 22.6 Å². The van der Waals surface area contributed by atoms with Gasteiger partial charge in [0.15, 0.2) is 0 Å². The number of hydrogen-bond acceptors (Lipinski definition) is 2. The summed E-state index contributed by atoms with van der Waals surface area (Å²) in [6.07, 6.45) is 2.50. The van der Waals surface area contributed by atoms with E-state index in [1.54, 1.807) is 0 Å². The average Bonchev–Trinajstić information content (AvgIpc) is 2.56. The second-order valence-corrected chi connectivity index (χ2v) is 4.14. The Kier molecular flexibility index (Phi) is 2.60. The predicted molar refractivity (Wildman–Crippen MR) is 56.9 cm³/mol. The van der Waals surface area contributed by atoms with Crippen molar-refractivity contribution in [1.82, 2.24) is 10.3 Å². The van der Waals surface area contributed by atoms with Crippen molar-refractivity contribution >= 4 is 22.6 Å². The van der Waals surface area contributed by atoms with Gasteiger partial charge in [0.05, 0.1) is 5.69 Å². The van der Waals surface area contributed by atoms with E-state index in [0.29, 0.717) is 6.04 Å². The van der Waals surface area contributed by atoms with Gasteiger partial charge in [0.25, 0.3) is 0 Å². The number of hydrogen-bond donors (Lipinski definition) is 1. The Hall–Kier alpha value is -0.160. The summed E-state index contributed by atoms with van der Waals surface area (Å²) < 4.78 is 1.08. The zero-order valence-corrected chi connectivity index (χ0v) is 8.91. The molecule has 1 saturated heterocycles. The van der Waals surface area contributed by atoms with E-state index in [1.165, 1.54) is 18.5 Å². The third-order valence-corrected chi connectivity index (χ3v) is 2.75. The van der Waals surface area contributed by atoms with E-state index in [9.17, 15) is 0 Å². The molecule has 0 aliphatic carbocycles. The van der Waals surface area contributed by atoms with Crippen molar-refractivity contribution in [3.05, 3.63) is 27.6 Å². The standard InChI is InChI=1S/C9H11IN2/c10-9-5-1-3-8(12-9)7-4-2-6-11-7/h1,3,5,7,11H,2,4,6H2/t7-/m0/s1. The number of halogens is 1. The molecule has 0 bridgehead atoms. The number of aromatic nitrogens is 1. The Morgan fingerprint density at radius 2 is 2.42 bits per heavy atom. The molecule has 0 radical (unpaired) electrons. The molecule has 0 saturated carbocycles. The first-order valence-corrected chi connectivity index (χ1v) is 5.30. The molecule has 2 rings (SSSR count). The number of nitrogens with zero attached hydrogens (tertiary/aromatic N) is 1. The minimum atomic E-state index is 0.500. The summed E-state index contributed by atoms with van der Waals surface area (Å²) in [7, 11) is 0. The fourth-order valence-corrected chi connectivity index (χ4v) is 2.04. The van der Waals surface area contributed by atoms with Crippen LogP contribution < -0.4 is 5.32 Å². The molecular formula is C9H11IN2. The summed E-state index contributed by atoms with van der Waals surface area (Å²) in [5.74, 6) is 0. The van der Waals surface area contributed by atoms with Crippen molar-refractivity contribution in [2.24, 2.45) is 0 Å². The van der Waals surface area contributed by atoms with Crippen LogP contribution in [0.2, 0.25) is 0 Å². The molecule has 1 fully saturated rings. The van der Waals surface area contributed by atoms with Crippen LogP contribution in [0, 0.1) is 3.70 Å². The highest BCUT2D eigenvalue weighted by Crippen LogP contribution is 2.21. The monoisotopic (exact) mass is 274 g/mol. The van der Waals surface area contributed by atoms with Crippen LogP contribution in [0.4, 0.5) is 0 Å². The van der Waals surface area contributed by atoms with Crippen molar-refractivity contribution in [3.63, 3.8) is 0 Å². The second-order valence-electron chi connectivity index (χ2n) is 3.03. The van der Waals surface area contributed by atoms with Gasteiger partial charge in [-0.1, -0.05) is 6.07 Å². The van der Waals surface area contributed by atoms with E-state index >= 15 is 0 Å². The van der Waals surface area contributed by atoms with Crippen molar-refractivity contribution < 1.29 is 0 Å². The molecule has 1 aromatic rings. The van der Waals surface area contributed by atoms with Gasteiger partial charge >= 0.3 is 0 Å². The topological polar surface area (TPSA) is 24.9 Å². The minimum absolute atomic E-state index is 0.500. The second kappa shape index (κ2) is 3.70. The molecular weight excluding hydrogens is 263 g/mol. The highest BCUT2D eigenvalue weighted by atomic mass is 127. The van der Waals surface area contributed by atoms with E-state index in [2.05, 4.69) is 45.0 Å². The number of nitrogens with one attached hydrogen (secondary N) is 1. The molecule has 1 N–H and O–H groups in total. The van der Waals surface area contributed by atoms with Crippen molar-refractivity contribution in [2.75, 3.05) is 6.54 Å². The first kappa shape index (κ1) is 8.44. The molecule has 1 aliphatic heterocycles. The van der Waals surface area contributed by atoms with Crippen LogP contribution in [0.5, 0.6) is 0 Å². The molecule has 12 heavy (non-hydrogen) atoms. The normalized spacial score (nSPS) is 22.9. The van der Waals surface area contributed by atoms with E-state index in [0.717, 1.165) is 10.2 Å². The third kappa shape index (κ3) is 1.77. The van der Waals surface area contributed by atoms with Gasteiger partial charge in [-0.05, 0) is 54.1 Å². The van der Waals surface area contributed by atoms with Gasteiger partial charge in [0.2, 0.25) is 0 Å². The summed E-state index contributed by atoms with van der Waals surface area (Å²) in [6, 6.07) is 6.70. The van der Waals surface area contributed by atoms with E-state index < -0.39 is 0 Å². The Morgan fingerprint density at radius 3 is 3.08 bits per heavy atom. The largest absolute Gasteiger partial charge is 0.309 e.